The molecule has 0 spiro atoms. The normalized spacial score (nSPS) is 22.2. The summed E-state index contributed by atoms with van der Waals surface area (Å²) in [5, 5.41) is 0. The molecule has 0 atom stereocenters. The monoisotopic (exact) mass is 246 g/mol. The Hall–Kier alpha value is -1.09. The third-order valence-corrected chi connectivity index (χ3v) is 4.49. The number of hydrogen-bond donors (Lipinski definition) is 0. The van der Waals surface area contributed by atoms with Gasteiger partial charge in [-0.1, -0.05) is 0 Å². The van der Waals surface area contributed by atoms with E-state index in [0.717, 1.165) is 37.3 Å². The summed E-state index contributed by atoms with van der Waals surface area (Å²) in [4.78, 5) is 14.2. The van der Waals surface area contributed by atoms with Crippen LogP contribution in [0.25, 0.3) is 0 Å². The van der Waals surface area contributed by atoms with Gasteiger partial charge in [0, 0.05) is 30.4 Å². The fourth-order valence-electron chi connectivity index (χ4n) is 3.28. The molecule has 1 aliphatic heterocycles. The van der Waals surface area contributed by atoms with Crippen molar-refractivity contribution in [2.75, 3.05) is 20.1 Å². The largest absolute Gasteiger partial charge is 0.350 e. The first kappa shape index (κ1) is 12.0. The van der Waals surface area contributed by atoms with E-state index < -0.39 is 0 Å². The Labute approximate surface area is 109 Å². The molecule has 0 N–H and O–H groups in total. The number of ketones is 1. The second kappa shape index (κ2) is 4.88. The van der Waals surface area contributed by atoms with Gasteiger partial charge in [0.15, 0.2) is 5.78 Å². The van der Waals surface area contributed by atoms with E-state index in [1.54, 1.807) is 0 Å². The molecular formula is C15H22N2O. The number of fused-ring (bicyclic) bond motifs is 1. The molecule has 0 unspecified atom stereocenters. The van der Waals surface area contributed by atoms with Crippen LogP contribution in [0.4, 0.5) is 0 Å². The zero-order chi connectivity index (χ0) is 12.5. The van der Waals surface area contributed by atoms with Gasteiger partial charge >= 0.3 is 0 Å². The first-order valence-electron chi connectivity index (χ1n) is 7.14. The van der Waals surface area contributed by atoms with Crippen LogP contribution in [0.2, 0.25) is 0 Å². The topological polar surface area (TPSA) is 25.2 Å². The van der Waals surface area contributed by atoms with Crippen molar-refractivity contribution in [2.45, 2.75) is 38.6 Å². The molecule has 3 rings (SSSR count). The van der Waals surface area contributed by atoms with E-state index in [1.165, 1.54) is 31.6 Å². The molecule has 3 nitrogen and oxygen atoms in total. The number of hydrogen-bond acceptors (Lipinski definition) is 2. The summed E-state index contributed by atoms with van der Waals surface area (Å²) in [5.41, 5.74) is 2.29. The molecule has 3 heteroatoms. The molecule has 0 saturated carbocycles. The highest BCUT2D eigenvalue weighted by Crippen LogP contribution is 2.25. The molecule has 0 amide bonds. The molecule has 1 saturated heterocycles. The Morgan fingerprint density at radius 3 is 2.83 bits per heavy atom. The molecule has 1 aromatic rings. The lowest BCUT2D eigenvalue weighted by atomic mass is 9.95. The van der Waals surface area contributed by atoms with Gasteiger partial charge in [0.05, 0.1) is 0 Å². The highest BCUT2D eigenvalue weighted by Gasteiger charge is 2.23. The summed E-state index contributed by atoms with van der Waals surface area (Å²) in [7, 11) is 2.20. The van der Waals surface area contributed by atoms with Crippen LogP contribution in [0.1, 0.15) is 41.7 Å². The maximum absolute atomic E-state index is 11.8. The number of aromatic nitrogens is 1. The van der Waals surface area contributed by atoms with E-state index in [2.05, 4.69) is 22.7 Å². The average molecular weight is 246 g/mol. The Morgan fingerprint density at radius 1 is 1.28 bits per heavy atom. The lowest BCUT2D eigenvalue weighted by molar-refractivity contribution is 0.0971. The highest BCUT2D eigenvalue weighted by molar-refractivity contribution is 5.98. The summed E-state index contributed by atoms with van der Waals surface area (Å²) in [6.45, 7) is 3.54. The number of rotatable bonds is 2. The van der Waals surface area contributed by atoms with Crippen molar-refractivity contribution >= 4 is 5.78 Å². The Balaban J connectivity index is 1.72. The van der Waals surface area contributed by atoms with Crippen LogP contribution in [-0.2, 0) is 13.0 Å². The van der Waals surface area contributed by atoms with Crippen LogP contribution in [0.15, 0.2) is 12.3 Å². The fourth-order valence-corrected chi connectivity index (χ4v) is 3.28. The molecular weight excluding hydrogens is 224 g/mol. The second-order valence-corrected chi connectivity index (χ2v) is 5.85. The van der Waals surface area contributed by atoms with Gasteiger partial charge in [-0.15, -0.1) is 0 Å². The van der Waals surface area contributed by atoms with Crippen LogP contribution in [0.3, 0.4) is 0 Å². The molecule has 0 radical (unpaired) electrons. The second-order valence-electron chi connectivity index (χ2n) is 5.85. The van der Waals surface area contributed by atoms with Crippen molar-refractivity contribution in [3.8, 4) is 0 Å². The smallest absolute Gasteiger partial charge is 0.164 e. The van der Waals surface area contributed by atoms with Crippen LogP contribution in [-0.4, -0.2) is 35.4 Å². The molecule has 2 aliphatic rings. The van der Waals surface area contributed by atoms with Crippen LogP contribution >= 0.6 is 0 Å². The van der Waals surface area contributed by atoms with E-state index in [0.29, 0.717) is 5.78 Å². The van der Waals surface area contributed by atoms with Gasteiger partial charge in [-0.25, -0.2) is 0 Å². The minimum absolute atomic E-state index is 0.346. The summed E-state index contributed by atoms with van der Waals surface area (Å²) < 4.78 is 2.35. The van der Waals surface area contributed by atoms with Crippen LogP contribution in [0, 0.1) is 5.92 Å². The molecule has 2 heterocycles. The first-order valence-corrected chi connectivity index (χ1v) is 7.14. The Kier molecular flexibility index (Phi) is 3.25. The number of likely N-dealkylation sites (tertiary alicyclic amines) is 1. The van der Waals surface area contributed by atoms with E-state index in [4.69, 9.17) is 0 Å². The van der Waals surface area contributed by atoms with Gasteiger partial charge in [0.25, 0.3) is 0 Å². The molecule has 18 heavy (non-hydrogen) atoms. The standard InChI is InChI=1S/C15H22N2O/c1-16-8-5-12(6-9-16)11-17-10-7-13-14(17)3-2-4-15(13)18/h7,10,12H,2-6,8-9,11H2,1H3. The van der Waals surface area contributed by atoms with E-state index >= 15 is 0 Å². The summed E-state index contributed by atoms with van der Waals surface area (Å²) in [6.07, 6.45) is 7.57. The zero-order valence-corrected chi connectivity index (χ0v) is 11.2. The number of carbonyl (C=O) groups excluding carboxylic acids is 1. The van der Waals surface area contributed by atoms with Crippen molar-refractivity contribution in [1.29, 1.82) is 0 Å². The van der Waals surface area contributed by atoms with Gasteiger partial charge < -0.3 is 9.47 Å². The van der Waals surface area contributed by atoms with Gasteiger partial charge in [-0.2, -0.15) is 0 Å². The first-order chi connectivity index (χ1) is 8.74. The number of Topliss-reactive ketones (excluding diaryl/α,β-unsaturated/α-hetero) is 1. The minimum Gasteiger partial charge on any atom is -0.350 e. The molecule has 1 aliphatic carbocycles. The molecule has 0 bridgehead atoms. The predicted octanol–water partition coefficient (Wildman–Crippen LogP) is 2.35. The molecule has 1 fully saturated rings. The third kappa shape index (κ3) is 2.24. The Morgan fingerprint density at radius 2 is 2.06 bits per heavy atom. The lowest BCUT2D eigenvalue weighted by Gasteiger charge is -2.30. The Bertz CT molecular complexity index is 441. The van der Waals surface area contributed by atoms with Crippen molar-refractivity contribution in [1.82, 2.24) is 9.47 Å². The van der Waals surface area contributed by atoms with E-state index in [9.17, 15) is 4.79 Å². The van der Waals surface area contributed by atoms with Gasteiger partial charge in [0.2, 0.25) is 0 Å². The average Bonchev–Trinajstić information content (AvgIpc) is 2.77. The predicted molar refractivity (Wildman–Crippen MR) is 71.9 cm³/mol. The summed E-state index contributed by atoms with van der Waals surface area (Å²) in [6, 6.07) is 2.03. The van der Waals surface area contributed by atoms with Crippen molar-refractivity contribution in [2.24, 2.45) is 5.92 Å². The van der Waals surface area contributed by atoms with Gasteiger partial charge in [-0.3, -0.25) is 4.79 Å². The number of piperidine rings is 1. The third-order valence-electron chi connectivity index (χ3n) is 4.49. The van der Waals surface area contributed by atoms with Crippen molar-refractivity contribution in [3.05, 3.63) is 23.5 Å². The molecule has 1 aromatic heterocycles. The van der Waals surface area contributed by atoms with Crippen molar-refractivity contribution < 1.29 is 4.79 Å². The maximum Gasteiger partial charge on any atom is 0.164 e. The summed E-state index contributed by atoms with van der Waals surface area (Å²) in [5.74, 6) is 1.13. The van der Waals surface area contributed by atoms with E-state index in [1.807, 2.05) is 6.07 Å². The molecule has 0 aromatic carbocycles. The SMILES string of the molecule is CN1CCC(Cn2ccc3c2CCCC3=O)CC1. The molecule has 98 valence electrons. The number of carbonyl (C=O) groups is 1. The lowest BCUT2D eigenvalue weighted by Crippen LogP contribution is -2.32. The van der Waals surface area contributed by atoms with Crippen molar-refractivity contribution in [3.63, 3.8) is 0 Å². The van der Waals surface area contributed by atoms with E-state index in [-0.39, 0.29) is 0 Å². The fraction of sp³-hybridized carbons (Fsp3) is 0.667. The number of nitrogens with zero attached hydrogens (tertiary/aromatic N) is 2. The quantitative estimate of drug-likeness (QED) is 0.800. The highest BCUT2D eigenvalue weighted by atomic mass is 16.1. The maximum atomic E-state index is 11.8. The van der Waals surface area contributed by atoms with Crippen LogP contribution < -0.4 is 0 Å². The zero-order valence-electron chi connectivity index (χ0n) is 11.2. The summed E-state index contributed by atoms with van der Waals surface area (Å²) >= 11 is 0. The van der Waals surface area contributed by atoms with Gasteiger partial charge in [-0.05, 0) is 57.8 Å². The minimum atomic E-state index is 0.346. The van der Waals surface area contributed by atoms with Gasteiger partial charge in [0.1, 0.15) is 0 Å². The van der Waals surface area contributed by atoms with Crippen LogP contribution in [0.5, 0.6) is 0 Å².